The van der Waals surface area contributed by atoms with Crippen LogP contribution >= 0.6 is 0 Å². The molecule has 5 rings (SSSR count). The molecule has 6 nitrogen and oxygen atoms in total. The number of imide groups is 1. The van der Waals surface area contributed by atoms with E-state index in [-0.39, 0.29) is 37.3 Å². The van der Waals surface area contributed by atoms with Crippen molar-refractivity contribution in [2.24, 2.45) is 11.8 Å². The van der Waals surface area contributed by atoms with Crippen LogP contribution in [0.1, 0.15) is 11.1 Å². The second-order valence-electron chi connectivity index (χ2n) is 7.57. The topological polar surface area (TPSA) is 59.1 Å². The molecule has 3 aliphatic heterocycles. The van der Waals surface area contributed by atoms with Gasteiger partial charge in [0.15, 0.2) is 23.1 Å². The number of rotatable bonds is 4. The number of ether oxygens (including phenoxy) is 2. The fourth-order valence-corrected chi connectivity index (χ4v) is 4.31. The zero-order valence-electron chi connectivity index (χ0n) is 15.4. The average molecular weight is 400 g/mol. The lowest BCUT2D eigenvalue weighted by molar-refractivity contribution is -0.141. The van der Waals surface area contributed by atoms with Crippen LogP contribution in [0.5, 0.6) is 11.5 Å². The number of fused-ring (bicyclic) bond motifs is 2. The Hall–Kier alpha value is -3.00. The highest BCUT2D eigenvalue weighted by atomic mass is 19.2. The van der Waals surface area contributed by atoms with Gasteiger partial charge in [0.1, 0.15) is 0 Å². The lowest BCUT2D eigenvalue weighted by Gasteiger charge is -2.21. The van der Waals surface area contributed by atoms with Crippen molar-refractivity contribution < 1.29 is 27.8 Å². The van der Waals surface area contributed by atoms with Gasteiger partial charge < -0.3 is 9.47 Å². The fourth-order valence-electron chi connectivity index (χ4n) is 4.31. The Morgan fingerprint density at radius 3 is 2.41 bits per heavy atom. The third kappa shape index (κ3) is 3.04. The monoisotopic (exact) mass is 400 g/mol. The largest absolute Gasteiger partial charge is 0.454 e. The SMILES string of the molecule is O=C1[C@H]2CN(Cc3cccc(F)c3F)C[C@H]2C(=O)N1Cc1ccc2c(c1)OCO2. The minimum Gasteiger partial charge on any atom is -0.454 e. The molecule has 3 heterocycles. The van der Waals surface area contributed by atoms with E-state index >= 15 is 0 Å². The first kappa shape index (κ1) is 18.1. The van der Waals surface area contributed by atoms with Crippen LogP contribution in [0.25, 0.3) is 0 Å². The van der Waals surface area contributed by atoms with Gasteiger partial charge in [0.2, 0.25) is 18.6 Å². The Bertz CT molecular complexity index is 988. The summed E-state index contributed by atoms with van der Waals surface area (Å²) >= 11 is 0. The van der Waals surface area contributed by atoms with Crippen LogP contribution in [0, 0.1) is 23.5 Å². The molecule has 2 amide bonds. The van der Waals surface area contributed by atoms with Gasteiger partial charge in [-0.2, -0.15) is 0 Å². The zero-order valence-corrected chi connectivity index (χ0v) is 15.4. The van der Waals surface area contributed by atoms with Crippen molar-refractivity contribution in [1.29, 1.82) is 0 Å². The van der Waals surface area contributed by atoms with Crippen molar-refractivity contribution in [3.05, 3.63) is 59.2 Å². The van der Waals surface area contributed by atoms with Crippen molar-refractivity contribution in [1.82, 2.24) is 9.80 Å². The van der Waals surface area contributed by atoms with Gasteiger partial charge in [-0.05, 0) is 23.8 Å². The first-order valence-corrected chi connectivity index (χ1v) is 9.40. The minimum absolute atomic E-state index is 0.159. The van der Waals surface area contributed by atoms with Crippen LogP contribution in [-0.2, 0) is 22.7 Å². The summed E-state index contributed by atoms with van der Waals surface area (Å²) in [6, 6.07) is 9.38. The molecule has 0 unspecified atom stereocenters. The molecule has 2 saturated heterocycles. The maximum absolute atomic E-state index is 13.9. The second kappa shape index (κ2) is 6.81. The van der Waals surface area contributed by atoms with E-state index in [4.69, 9.17) is 9.47 Å². The first-order chi connectivity index (χ1) is 14.0. The summed E-state index contributed by atoms with van der Waals surface area (Å²) in [5.41, 5.74) is 1.01. The fraction of sp³-hybridized carbons (Fsp3) is 0.333. The van der Waals surface area contributed by atoms with Crippen LogP contribution in [0.2, 0.25) is 0 Å². The molecule has 0 saturated carbocycles. The molecule has 2 fully saturated rings. The predicted molar refractivity (Wildman–Crippen MR) is 96.7 cm³/mol. The lowest BCUT2D eigenvalue weighted by Crippen LogP contribution is -2.35. The van der Waals surface area contributed by atoms with Crippen LogP contribution < -0.4 is 9.47 Å². The highest BCUT2D eigenvalue weighted by Gasteiger charge is 2.52. The quantitative estimate of drug-likeness (QED) is 0.738. The Morgan fingerprint density at radius 1 is 0.931 bits per heavy atom. The standard InChI is InChI=1S/C21H18F2N2O4/c22-16-3-1-2-13(19(16)23)8-24-9-14-15(10-24)21(27)25(20(14)26)7-12-4-5-17-18(6-12)29-11-28-17/h1-6,14-15H,7-11H2/t14-,15+. The van der Waals surface area contributed by atoms with Crippen LogP contribution in [0.4, 0.5) is 8.78 Å². The van der Waals surface area contributed by atoms with Crippen molar-refractivity contribution in [2.45, 2.75) is 13.1 Å². The molecule has 0 radical (unpaired) electrons. The van der Waals surface area contributed by atoms with Crippen molar-refractivity contribution in [2.75, 3.05) is 19.9 Å². The number of halogens is 2. The molecule has 150 valence electrons. The molecule has 0 spiro atoms. The van der Waals surface area contributed by atoms with Gasteiger partial charge >= 0.3 is 0 Å². The number of carbonyl (C=O) groups is 2. The Labute approximate surface area is 165 Å². The number of carbonyl (C=O) groups excluding carboxylic acids is 2. The predicted octanol–water partition coefficient (Wildman–Crippen LogP) is 2.31. The third-order valence-corrected chi connectivity index (χ3v) is 5.77. The molecule has 2 aromatic carbocycles. The van der Waals surface area contributed by atoms with E-state index in [1.54, 1.807) is 18.2 Å². The van der Waals surface area contributed by atoms with E-state index in [0.717, 1.165) is 11.6 Å². The number of likely N-dealkylation sites (tertiary alicyclic amines) is 2. The Morgan fingerprint density at radius 2 is 1.66 bits per heavy atom. The summed E-state index contributed by atoms with van der Waals surface area (Å²) < 4.78 is 38.0. The molecule has 0 bridgehead atoms. The first-order valence-electron chi connectivity index (χ1n) is 9.40. The molecule has 0 aliphatic carbocycles. The molecule has 8 heteroatoms. The van der Waals surface area contributed by atoms with E-state index in [0.29, 0.717) is 24.6 Å². The molecular formula is C21H18F2N2O4. The molecule has 2 aromatic rings. The number of hydrogen-bond acceptors (Lipinski definition) is 5. The summed E-state index contributed by atoms with van der Waals surface area (Å²) in [7, 11) is 0. The van der Waals surface area contributed by atoms with Crippen molar-refractivity contribution in [3.63, 3.8) is 0 Å². The Balaban J connectivity index is 1.28. The smallest absolute Gasteiger partial charge is 0.234 e. The van der Waals surface area contributed by atoms with E-state index in [1.807, 2.05) is 4.90 Å². The van der Waals surface area contributed by atoms with E-state index in [1.165, 1.54) is 17.0 Å². The van der Waals surface area contributed by atoms with Gasteiger partial charge in [-0.1, -0.05) is 18.2 Å². The van der Waals surface area contributed by atoms with Gasteiger partial charge in [-0.15, -0.1) is 0 Å². The van der Waals surface area contributed by atoms with Crippen LogP contribution in [0.15, 0.2) is 36.4 Å². The number of benzene rings is 2. The highest BCUT2D eigenvalue weighted by Crippen LogP contribution is 2.37. The lowest BCUT2D eigenvalue weighted by atomic mass is 10.00. The maximum atomic E-state index is 13.9. The zero-order chi connectivity index (χ0) is 20.1. The average Bonchev–Trinajstić information content (AvgIpc) is 3.39. The summed E-state index contributed by atoms with van der Waals surface area (Å²) in [4.78, 5) is 28.8. The van der Waals surface area contributed by atoms with Gasteiger partial charge in [0, 0.05) is 25.2 Å². The normalized spacial score (nSPS) is 23.2. The van der Waals surface area contributed by atoms with Crippen molar-refractivity contribution in [3.8, 4) is 11.5 Å². The molecule has 3 aliphatic rings. The summed E-state index contributed by atoms with van der Waals surface area (Å²) in [5.74, 6) is -1.88. The summed E-state index contributed by atoms with van der Waals surface area (Å²) in [6.45, 7) is 1.21. The molecule has 0 N–H and O–H groups in total. The van der Waals surface area contributed by atoms with Gasteiger partial charge in [0.25, 0.3) is 0 Å². The number of nitrogens with zero attached hydrogens (tertiary/aromatic N) is 2. The summed E-state index contributed by atoms with van der Waals surface area (Å²) in [5, 5.41) is 0. The highest BCUT2D eigenvalue weighted by molar-refractivity contribution is 6.05. The number of amides is 2. The maximum Gasteiger partial charge on any atom is 0.234 e. The van der Waals surface area contributed by atoms with Gasteiger partial charge in [0.05, 0.1) is 18.4 Å². The number of hydrogen-bond donors (Lipinski definition) is 0. The third-order valence-electron chi connectivity index (χ3n) is 5.77. The van der Waals surface area contributed by atoms with E-state index in [9.17, 15) is 18.4 Å². The van der Waals surface area contributed by atoms with Gasteiger partial charge in [-0.3, -0.25) is 19.4 Å². The molecule has 0 aromatic heterocycles. The van der Waals surface area contributed by atoms with E-state index < -0.39 is 23.5 Å². The molecular weight excluding hydrogens is 382 g/mol. The van der Waals surface area contributed by atoms with Crippen molar-refractivity contribution >= 4 is 11.8 Å². The minimum atomic E-state index is -0.899. The summed E-state index contributed by atoms with van der Waals surface area (Å²) in [6.07, 6.45) is 0. The van der Waals surface area contributed by atoms with Crippen LogP contribution in [0.3, 0.4) is 0 Å². The molecule has 2 atom stereocenters. The van der Waals surface area contributed by atoms with E-state index in [2.05, 4.69) is 0 Å². The molecule has 29 heavy (non-hydrogen) atoms. The Kier molecular flexibility index (Phi) is 4.24. The second-order valence-corrected chi connectivity index (χ2v) is 7.57. The van der Waals surface area contributed by atoms with Crippen LogP contribution in [-0.4, -0.2) is 41.5 Å². The van der Waals surface area contributed by atoms with Gasteiger partial charge in [-0.25, -0.2) is 8.78 Å².